The van der Waals surface area contributed by atoms with Crippen LogP contribution in [0.1, 0.15) is 18.1 Å². The van der Waals surface area contributed by atoms with Crippen LogP contribution in [0, 0.1) is 5.92 Å². The number of thiazole rings is 1. The molecule has 3 aromatic rings. The number of nitrogens with zero attached hydrogens (tertiary/aromatic N) is 2. The van der Waals surface area contributed by atoms with Crippen molar-refractivity contribution in [3.05, 3.63) is 42.4 Å². The van der Waals surface area contributed by atoms with Crippen LogP contribution in [0.5, 0.6) is 0 Å². The predicted molar refractivity (Wildman–Crippen MR) is 101 cm³/mol. The second-order valence-corrected chi connectivity index (χ2v) is 7.74. The summed E-state index contributed by atoms with van der Waals surface area (Å²) in [6, 6.07) is 9.72. The highest BCUT2D eigenvalue weighted by Gasteiger charge is 2.45. The number of benzene rings is 1. The van der Waals surface area contributed by atoms with Gasteiger partial charge >= 0.3 is 0 Å². The number of nitrogens with one attached hydrogen (secondary N) is 1. The molecule has 3 heterocycles. The highest BCUT2D eigenvalue weighted by atomic mass is 32.1. The van der Waals surface area contributed by atoms with Gasteiger partial charge in [-0.1, -0.05) is 11.3 Å². The molecule has 1 saturated heterocycles. The molecule has 0 bridgehead atoms. The number of carbonyl (C=O) groups excluding carboxylic acids is 1. The number of hydrogen-bond acceptors (Lipinski definition) is 6. The van der Waals surface area contributed by atoms with Crippen molar-refractivity contribution in [2.45, 2.75) is 12.3 Å². The van der Waals surface area contributed by atoms with E-state index in [-0.39, 0.29) is 17.7 Å². The maximum atomic E-state index is 12.5. The van der Waals surface area contributed by atoms with Crippen LogP contribution >= 0.6 is 11.3 Å². The zero-order chi connectivity index (χ0) is 17.5. The SMILES string of the molecule is O=C(Nc1ccc2nc(N3CCOCC3)sc2c1)[C@H]1C[C@H]1c1ccco1. The molecular formula is C19H19N3O3S. The molecule has 6 nitrogen and oxygen atoms in total. The van der Waals surface area contributed by atoms with Crippen LogP contribution in [-0.2, 0) is 9.53 Å². The molecule has 7 heteroatoms. The first-order chi connectivity index (χ1) is 12.8. The molecule has 2 aliphatic rings. The number of ether oxygens (including phenoxy) is 1. The van der Waals surface area contributed by atoms with Crippen LogP contribution in [0.15, 0.2) is 41.0 Å². The van der Waals surface area contributed by atoms with Gasteiger partial charge < -0.3 is 19.4 Å². The van der Waals surface area contributed by atoms with Gasteiger partial charge in [0, 0.05) is 30.6 Å². The number of morpholine rings is 1. The Morgan fingerprint density at radius 2 is 2.15 bits per heavy atom. The van der Waals surface area contributed by atoms with E-state index >= 15 is 0 Å². The number of fused-ring (bicyclic) bond motifs is 1. The van der Waals surface area contributed by atoms with Crippen LogP contribution in [0.2, 0.25) is 0 Å². The van der Waals surface area contributed by atoms with Gasteiger partial charge in [-0.25, -0.2) is 4.98 Å². The van der Waals surface area contributed by atoms with Crippen molar-refractivity contribution in [3.8, 4) is 0 Å². The molecule has 1 amide bonds. The van der Waals surface area contributed by atoms with Crippen LogP contribution < -0.4 is 10.2 Å². The van der Waals surface area contributed by atoms with Crippen molar-refractivity contribution in [2.24, 2.45) is 5.92 Å². The lowest BCUT2D eigenvalue weighted by Gasteiger charge is -2.25. The van der Waals surface area contributed by atoms with Crippen LogP contribution in [0.3, 0.4) is 0 Å². The van der Waals surface area contributed by atoms with Crippen molar-refractivity contribution in [1.29, 1.82) is 0 Å². The van der Waals surface area contributed by atoms with Gasteiger partial charge in [-0.2, -0.15) is 0 Å². The fourth-order valence-corrected chi connectivity index (χ4v) is 4.47. The molecule has 0 unspecified atom stereocenters. The quantitative estimate of drug-likeness (QED) is 0.763. The number of aromatic nitrogens is 1. The van der Waals surface area contributed by atoms with Crippen molar-refractivity contribution < 1.29 is 13.9 Å². The monoisotopic (exact) mass is 369 g/mol. The van der Waals surface area contributed by atoms with Gasteiger partial charge in [0.15, 0.2) is 5.13 Å². The van der Waals surface area contributed by atoms with Gasteiger partial charge in [-0.3, -0.25) is 4.79 Å². The third kappa shape index (κ3) is 2.97. The summed E-state index contributed by atoms with van der Waals surface area (Å²) in [5.74, 6) is 1.18. The van der Waals surface area contributed by atoms with Crippen LogP contribution in [0.25, 0.3) is 10.2 Å². The second kappa shape index (κ2) is 6.41. The minimum absolute atomic E-state index is 0.00205. The number of hydrogen-bond donors (Lipinski definition) is 1. The van der Waals surface area contributed by atoms with Gasteiger partial charge in [0.1, 0.15) is 5.76 Å². The molecule has 1 aromatic carbocycles. The zero-order valence-electron chi connectivity index (χ0n) is 14.2. The molecule has 134 valence electrons. The Bertz CT molecular complexity index is 931. The van der Waals surface area contributed by atoms with Crippen molar-refractivity contribution in [1.82, 2.24) is 4.98 Å². The fraction of sp³-hybridized carbons (Fsp3) is 0.368. The first-order valence-corrected chi connectivity index (χ1v) is 9.67. The Morgan fingerprint density at radius 3 is 2.96 bits per heavy atom. The van der Waals surface area contributed by atoms with Crippen molar-refractivity contribution >= 4 is 38.3 Å². The molecule has 2 aromatic heterocycles. The molecule has 26 heavy (non-hydrogen) atoms. The molecule has 1 N–H and O–H groups in total. The third-order valence-corrected chi connectivity index (χ3v) is 6.04. The van der Waals surface area contributed by atoms with Gasteiger partial charge in [0.2, 0.25) is 5.91 Å². The molecule has 2 atom stereocenters. The number of rotatable bonds is 4. The molecule has 5 rings (SSSR count). The summed E-state index contributed by atoms with van der Waals surface area (Å²) in [6.45, 7) is 3.24. The largest absolute Gasteiger partial charge is 0.469 e. The Balaban J connectivity index is 1.29. The molecule has 1 aliphatic heterocycles. The number of furan rings is 1. The number of amides is 1. The van der Waals surface area contributed by atoms with Gasteiger partial charge in [-0.15, -0.1) is 0 Å². The first-order valence-electron chi connectivity index (χ1n) is 8.85. The third-order valence-electron chi connectivity index (χ3n) is 4.96. The maximum Gasteiger partial charge on any atom is 0.228 e. The summed E-state index contributed by atoms with van der Waals surface area (Å²) in [5, 5.41) is 4.06. The summed E-state index contributed by atoms with van der Waals surface area (Å²) < 4.78 is 11.9. The zero-order valence-corrected chi connectivity index (χ0v) is 15.0. The smallest absolute Gasteiger partial charge is 0.228 e. The van der Waals surface area contributed by atoms with E-state index in [0.29, 0.717) is 0 Å². The highest BCUT2D eigenvalue weighted by Crippen LogP contribution is 2.48. The van der Waals surface area contributed by atoms with E-state index in [4.69, 9.17) is 14.1 Å². The van der Waals surface area contributed by atoms with Crippen molar-refractivity contribution in [2.75, 3.05) is 36.5 Å². The average molecular weight is 369 g/mol. The van der Waals surface area contributed by atoms with Gasteiger partial charge in [0.25, 0.3) is 0 Å². The second-order valence-electron chi connectivity index (χ2n) is 6.73. The van der Waals surface area contributed by atoms with E-state index < -0.39 is 0 Å². The first kappa shape index (κ1) is 15.8. The molecular weight excluding hydrogens is 350 g/mol. The summed E-state index contributed by atoms with van der Waals surface area (Å²) in [7, 11) is 0. The van der Waals surface area contributed by atoms with Gasteiger partial charge in [0.05, 0.1) is 29.7 Å². The molecule has 1 saturated carbocycles. The standard InChI is InChI=1S/C19H19N3O3S/c23-18(14-11-13(14)16-2-1-7-25-16)20-12-3-4-15-17(10-12)26-19(21-15)22-5-8-24-9-6-22/h1-4,7,10,13-14H,5-6,8-9,11H2,(H,20,23)/t13-,14+/m1/s1. The van der Waals surface area contributed by atoms with E-state index in [1.54, 1.807) is 17.6 Å². The normalized spacial score (nSPS) is 22.5. The van der Waals surface area contributed by atoms with Crippen LogP contribution in [0.4, 0.5) is 10.8 Å². The molecule has 2 fully saturated rings. The summed E-state index contributed by atoms with van der Waals surface area (Å²) in [5.41, 5.74) is 1.79. The summed E-state index contributed by atoms with van der Waals surface area (Å²) >= 11 is 1.66. The molecule has 0 spiro atoms. The Labute approximate surface area is 154 Å². The van der Waals surface area contributed by atoms with Crippen molar-refractivity contribution in [3.63, 3.8) is 0 Å². The Hall–Kier alpha value is -2.38. The Morgan fingerprint density at radius 1 is 1.27 bits per heavy atom. The lowest BCUT2D eigenvalue weighted by atomic mass is 10.2. The highest BCUT2D eigenvalue weighted by molar-refractivity contribution is 7.22. The van der Waals surface area contributed by atoms with E-state index in [1.807, 2.05) is 30.3 Å². The lowest BCUT2D eigenvalue weighted by molar-refractivity contribution is -0.117. The average Bonchev–Trinajstić information content (AvgIpc) is 3.09. The summed E-state index contributed by atoms with van der Waals surface area (Å²) in [6.07, 6.45) is 2.51. The Kier molecular flexibility index (Phi) is 3.90. The molecule has 1 aliphatic carbocycles. The lowest BCUT2D eigenvalue weighted by Crippen LogP contribution is -2.36. The predicted octanol–water partition coefficient (Wildman–Crippen LogP) is 3.47. The van der Waals surface area contributed by atoms with Gasteiger partial charge in [-0.05, 0) is 36.8 Å². The van der Waals surface area contributed by atoms with E-state index in [2.05, 4.69) is 10.2 Å². The minimum Gasteiger partial charge on any atom is -0.469 e. The van der Waals surface area contributed by atoms with E-state index in [9.17, 15) is 4.79 Å². The number of carbonyl (C=O) groups is 1. The minimum atomic E-state index is 0.00205. The van der Waals surface area contributed by atoms with Crippen LogP contribution in [-0.4, -0.2) is 37.2 Å². The summed E-state index contributed by atoms with van der Waals surface area (Å²) in [4.78, 5) is 19.5. The number of anilines is 2. The topological polar surface area (TPSA) is 67.6 Å². The molecule has 0 radical (unpaired) electrons. The fourth-order valence-electron chi connectivity index (χ4n) is 3.42. The maximum absolute atomic E-state index is 12.5. The van der Waals surface area contributed by atoms with E-state index in [1.165, 1.54) is 0 Å². The van der Waals surface area contributed by atoms with E-state index in [0.717, 1.165) is 59.5 Å².